The molecule has 3 N–H and O–H groups in total. The molecule has 0 atom stereocenters. The third-order valence-electron chi connectivity index (χ3n) is 4.59. The van der Waals surface area contributed by atoms with Crippen molar-refractivity contribution in [2.75, 3.05) is 11.9 Å². The number of anilines is 1. The van der Waals surface area contributed by atoms with Gasteiger partial charge < -0.3 is 20.3 Å². The number of benzene rings is 2. The van der Waals surface area contributed by atoms with E-state index in [0.29, 0.717) is 33.4 Å². The molecule has 3 rings (SSSR count). The summed E-state index contributed by atoms with van der Waals surface area (Å²) in [7, 11) is 0. The topological polar surface area (TPSA) is 87.5 Å². The van der Waals surface area contributed by atoms with E-state index in [-0.39, 0.29) is 12.6 Å². The van der Waals surface area contributed by atoms with Gasteiger partial charge in [0.2, 0.25) is 5.95 Å². The number of ether oxygens (including phenoxy) is 1. The van der Waals surface area contributed by atoms with Gasteiger partial charge in [-0.1, -0.05) is 29.8 Å². The predicted octanol–water partition coefficient (Wildman–Crippen LogP) is 5.15. The van der Waals surface area contributed by atoms with Crippen molar-refractivity contribution in [1.29, 1.82) is 0 Å². The van der Waals surface area contributed by atoms with Crippen molar-refractivity contribution in [2.24, 2.45) is 0 Å². The van der Waals surface area contributed by atoms with Crippen LogP contribution in [0.25, 0.3) is 22.0 Å². The molecular weight excluding hydrogens is 414 g/mol. The summed E-state index contributed by atoms with van der Waals surface area (Å²) in [5.74, 6) is 0.899. The van der Waals surface area contributed by atoms with Crippen LogP contribution in [0.4, 0.5) is 5.95 Å². The summed E-state index contributed by atoms with van der Waals surface area (Å²) in [6.07, 6.45) is 1.72. The molecule has 1 aromatic heterocycles. The molecule has 0 radical (unpaired) electrons. The summed E-state index contributed by atoms with van der Waals surface area (Å²) in [5.41, 5.74) is 0.193. The van der Waals surface area contributed by atoms with Gasteiger partial charge >= 0.3 is 0 Å². The summed E-state index contributed by atoms with van der Waals surface area (Å²) in [4.78, 5) is 9.11. The number of halogens is 1. The highest BCUT2D eigenvalue weighted by Gasteiger charge is 2.30. The normalized spacial score (nSPS) is 12.5. The molecular formula is C24H30ClN3O3. The molecule has 0 spiro atoms. The van der Waals surface area contributed by atoms with Crippen LogP contribution in [0.2, 0.25) is 5.02 Å². The van der Waals surface area contributed by atoms with Crippen molar-refractivity contribution in [3.63, 3.8) is 0 Å². The Morgan fingerprint density at radius 3 is 2.35 bits per heavy atom. The second-order valence-corrected chi connectivity index (χ2v) is 9.61. The Kier molecular flexibility index (Phi) is 6.46. The number of hydrogen-bond donors (Lipinski definition) is 3. The predicted molar refractivity (Wildman–Crippen MR) is 126 cm³/mol. The molecule has 31 heavy (non-hydrogen) atoms. The molecule has 0 fully saturated rings. The van der Waals surface area contributed by atoms with E-state index in [0.717, 1.165) is 10.9 Å². The average molecular weight is 444 g/mol. The van der Waals surface area contributed by atoms with Crippen LogP contribution < -0.4 is 10.1 Å². The van der Waals surface area contributed by atoms with Crippen LogP contribution in [-0.4, -0.2) is 38.4 Å². The molecule has 0 saturated heterocycles. The Morgan fingerprint density at radius 2 is 1.77 bits per heavy atom. The Bertz CT molecular complexity index is 1090. The van der Waals surface area contributed by atoms with Crippen molar-refractivity contribution in [3.8, 4) is 16.9 Å². The van der Waals surface area contributed by atoms with Crippen molar-refractivity contribution < 1.29 is 14.9 Å². The molecule has 1 heterocycles. The Balaban J connectivity index is 2.37. The average Bonchev–Trinajstić information content (AvgIpc) is 2.63. The molecule has 0 bridgehead atoms. The molecule has 0 aliphatic heterocycles. The van der Waals surface area contributed by atoms with Crippen molar-refractivity contribution >= 4 is 28.5 Å². The fourth-order valence-corrected chi connectivity index (χ4v) is 3.57. The fraction of sp³-hybridized carbons (Fsp3) is 0.417. The summed E-state index contributed by atoms with van der Waals surface area (Å²) in [6, 6.07) is 9.50. The van der Waals surface area contributed by atoms with Gasteiger partial charge in [-0.05, 0) is 53.7 Å². The molecule has 0 aliphatic carbocycles. The molecule has 0 unspecified atom stereocenters. The minimum Gasteiger partial charge on any atom is -0.489 e. The number of aliphatic hydroxyl groups is 2. The van der Waals surface area contributed by atoms with E-state index in [1.807, 2.05) is 38.1 Å². The lowest BCUT2D eigenvalue weighted by atomic mass is 9.89. The van der Waals surface area contributed by atoms with E-state index in [4.69, 9.17) is 16.3 Å². The zero-order valence-electron chi connectivity index (χ0n) is 18.8. The largest absolute Gasteiger partial charge is 0.489 e. The molecule has 0 saturated carbocycles. The van der Waals surface area contributed by atoms with Gasteiger partial charge in [0.25, 0.3) is 0 Å². The van der Waals surface area contributed by atoms with Gasteiger partial charge in [-0.3, -0.25) is 0 Å². The smallest absolute Gasteiger partial charge is 0.223 e. The number of nitrogens with one attached hydrogen (secondary N) is 1. The van der Waals surface area contributed by atoms with Crippen LogP contribution in [0.3, 0.4) is 0 Å². The van der Waals surface area contributed by atoms with Crippen LogP contribution >= 0.6 is 11.6 Å². The lowest BCUT2D eigenvalue weighted by Crippen LogP contribution is -2.29. The molecule has 166 valence electrons. The first-order chi connectivity index (χ1) is 14.4. The maximum atomic E-state index is 11.2. The Morgan fingerprint density at radius 1 is 1.10 bits per heavy atom. The Labute approximate surface area is 188 Å². The zero-order valence-corrected chi connectivity index (χ0v) is 19.6. The van der Waals surface area contributed by atoms with Crippen LogP contribution in [0.5, 0.6) is 5.75 Å². The van der Waals surface area contributed by atoms with Gasteiger partial charge in [-0.25, -0.2) is 9.97 Å². The Hall–Kier alpha value is -2.41. The van der Waals surface area contributed by atoms with Crippen LogP contribution in [-0.2, 0) is 5.60 Å². The maximum absolute atomic E-state index is 11.2. The van der Waals surface area contributed by atoms with Gasteiger partial charge in [-0.2, -0.15) is 0 Å². The van der Waals surface area contributed by atoms with Crippen molar-refractivity contribution in [3.05, 3.63) is 47.1 Å². The van der Waals surface area contributed by atoms with Gasteiger partial charge in [0.15, 0.2) is 0 Å². The number of hydrogen-bond acceptors (Lipinski definition) is 6. The lowest BCUT2D eigenvalue weighted by Gasteiger charge is -2.28. The van der Waals surface area contributed by atoms with Crippen molar-refractivity contribution in [2.45, 2.75) is 58.8 Å². The van der Waals surface area contributed by atoms with Gasteiger partial charge in [0, 0.05) is 33.8 Å². The molecule has 3 aromatic rings. The summed E-state index contributed by atoms with van der Waals surface area (Å²) < 4.78 is 6.15. The van der Waals surface area contributed by atoms with Crippen LogP contribution in [0.1, 0.15) is 47.1 Å². The highest BCUT2D eigenvalue weighted by atomic mass is 35.5. The van der Waals surface area contributed by atoms with E-state index >= 15 is 0 Å². The van der Waals surface area contributed by atoms with Crippen LogP contribution in [0.15, 0.2) is 36.5 Å². The highest BCUT2D eigenvalue weighted by Crippen LogP contribution is 2.45. The van der Waals surface area contributed by atoms with Gasteiger partial charge in [0.05, 0.1) is 22.3 Å². The van der Waals surface area contributed by atoms with E-state index in [2.05, 4.69) is 15.3 Å². The first-order valence-electron chi connectivity index (χ1n) is 10.3. The third kappa shape index (κ3) is 5.45. The first kappa shape index (κ1) is 23.3. The fourth-order valence-electron chi connectivity index (χ4n) is 3.33. The second kappa shape index (κ2) is 8.61. The number of fused-ring (bicyclic) bond motifs is 1. The van der Waals surface area contributed by atoms with E-state index in [1.165, 1.54) is 0 Å². The summed E-state index contributed by atoms with van der Waals surface area (Å²) in [6.45, 7) is 10.7. The van der Waals surface area contributed by atoms with E-state index in [9.17, 15) is 10.2 Å². The van der Waals surface area contributed by atoms with E-state index < -0.39 is 11.2 Å². The minimum atomic E-state index is -1.28. The summed E-state index contributed by atoms with van der Waals surface area (Å²) in [5, 5.41) is 26.0. The van der Waals surface area contributed by atoms with Crippen molar-refractivity contribution in [1.82, 2.24) is 9.97 Å². The van der Waals surface area contributed by atoms with E-state index in [1.54, 1.807) is 40.0 Å². The molecule has 0 amide bonds. The first-order valence-corrected chi connectivity index (χ1v) is 10.7. The quantitative estimate of drug-likeness (QED) is 0.468. The second-order valence-electron chi connectivity index (χ2n) is 9.20. The SMILES string of the molecule is CC(C)Nc1ncc2cc(-c3ccccc3Cl)c(OCC(C)(C)O)c(C(C)(C)O)c2n1. The van der Waals surface area contributed by atoms with Gasteiger partial charge in [0.1, 0.15) is 12.4 Å². The molecule has 0 aliphatic rings. The molecule has 7 heteroatoms. The highest BCUT2D eigenvalue weighted by molar-refractivity contribution is 6.33. The zero-order chi connectivity index (χ0) is 23.0. The number of rotatable bonds is 7. The maximum Gasteiger partial charge on any atom is 0.223 e. The standard InChI is InChI=1S/C24H30ClN3O3/c1-14(2)27-22-26-12-15-11-17(16-9-7-8-10-18(16)25)21(31-13-23(3,4)29)19(20(15)28-22)24(5,6)30/h7-12,14,29-30H,13H2,1-6H3,(H,26,27,28). The lowest BCUT2D eigenvalue weighted by molar-refractivity contribution is 0.0244. The third-order valence-corrected chi connectivity index (χ3v) is 4.92. The van der Waals surface area contributed by atoms with Crippen LogP contribution in [0, 0.1) is 0 Å². The monoisotopic (exact) mass is 443 g/mol. The van der Waals surface area contributed by atoms with Gasteiger partial charge in [-0.15, -0.1) is 0 Å². The molecule has 6 nitrogen and oxygen atoms in total. The summed E-state index contributed by atoms with van der Waals surface area (Å²) >= 11 is 6.51. The minimum absolute atomic E-state index is 0.0290. The number of aromatic nitrogens is 2. The molecule has 2 aromatic carbocycles. The number of nitrogens with zero attached hydrogens (tertiary/aromatic N) is 2.